The third-order valence-electron chi connectivity index (χ3n) is 4.21. The average Bonchev–Trinajstić information content (AvgIpc) is 2.99. The van der Waals surface area contributed by atoms with Gasteiger partial charge in [0.2, 0.25) is 0 Å². The number of hydrogen-bond acceptors (Lipinski definition) is 4. The molecular formula is C14H23O5P. The van der Waals surface area contributed by atoms with Gasteiger partial charge in [0.1, 0.15) is 0 Å². The Morgan fingerprint density at radius 2 is 1.70 bits per heavy atom. The molecule has 1 aliphatic carbocycles. The molecule has 1 N–H and O–H groups in total. The largest absolute Gasteiger partial charge is 0.472 e. The van der Waals surface area contributed by atoms with Crippen molar-refractivity contribution < 1.29 is 23.2 Å². The van der Waals surface area contributed by atoms with Gasteiger partial charge in [-0.15, -0.1) is 0 Å². The maximum atomic E-state index is 11.8. The van der Waals surface area contributed by atoms with E-state index in [1.165, 1.54) is 0 Å². The molecule has 2 aliphatic rings. The van der Waals surface area contributed by atoms with E-state index in [0.29, 0.717) is 11.8 Å². The van der Waals surface area contributed by atoms with Crippen LogP contribution >= 0.6 is 7.82 Å². The number of rotatable bonds is 6. The molecule has 1 fully saturated rings. The fraction of sp³-hybridized carbons (Fsp3) is 0.714. The minimum atomic E-state index is -4.01. The summed E-state index contributed by atoms with van der Waals surface area (Å²) in [6.45, 7) is 6.42. The van der Waals surface area contributed by atoms with Crippen molar-refractivity contribution in [1.29, 1.82) is 0 Å². The summed E-state index contributed by atoms with van der Waals surface area (Å²) >= 11 is 0. The van der Waals surface area contributed by atoms with Gasteiger partial charge >= 0.3 is 7.82 Å². The highest BCUT2D eigenvalue weighted by Gasteiger charge is 2.38. The van der Waals surface area contributed by atoms with E-state index in [0.717, 1.165) is 0 Å². The van der Waals surface area contributed by atoms with E-state index in [4.69, 9.17) is 13.8 Å². The van der Waals surface area contributed by atoms with Crippen molar-refractivity contribution in [2.24, 2.45) is 17.8 Å². The lowest BCUT2D eigenvalue weighted by atomic mass is 9.91. The molecule has 1 aliphatic heterocycles. The summed E-state index contributed by atoms with van der Waals surface area (Å²) in [6, 6.07) is 0. The van der Waals surface area contributed by atoms with Crippen molar-refractivity contribution in [3.05, 3.63) is 24.3 Å². The summed E-state index contributed by atoms with van der Waals surface area (Å²) in [7, 11) is -4.01. The predicted molar refractivity (Wildman–Crippen MR) is 76.2 cm³/mol. The second-order valence-electron chi connectivity index (χ2n) is 5.59. The fourth-order valence-electron chi connectivity index (χ4n) is 2.45. The highest BCUT2D eigenvalue weighted by Crippen LogP contribution is 2.45. The van der Waals surface area contributed by atoms with Gasteiger partial charge in [-0.05, 0) is 18.8 Å². The van der Waals surface area contributed by atoms with Crippen LogP contribution in [-0.2, 0) is 18.3 Å². The molecule has 5 unspecified atom stereocenters. The third kappa shape index (κ3) is 4.03. The molecule has 0 radical (unpaired) electrons. The third-order valence-corrected chi connectivity index (χ3v) is 5.16. The Hall–Kier alpha value is -0.450. The van der Waals surface area contributed by atoms with Crippen LogP contribution in [0.25, 0.3) is 0 Å². The predicted octanol–water partition coefficient (Wildman–Crippen LogP) is 2.92. The number of ether oxygens (including phenoxy) is 1. The van der Waals surface area contributed by atoms with Crippen LogP contribution in [0.1, 0.15) is 20.8 Å². The van der Waals surface area contributed by atoms with E-state index in [9.17, 15) is 9.46 Å². The minimum Gasteiger partial charge on any atom is -0.372 e. The lowest BCUT2D eigenvalue weighted by molar-refractivity contribution is 0.00261. The van der Waals surface area contributed by atoms with Gasteiger partial charge in [-0.3, -0.25) is 9.05 Å². The molecule has 114 valence electrons. The number of allylic oxidation sites excluding steroid dienone is 2. The smallest absolute Gasteiger partial charge is 0.372 e. The van der Waals surface area contributed by atoms with E-state index in [-0.39, 0.29) is 31.3 Å². The zero-order chi connectivity index (χ0) is 14.8. The van der Waals surface area contributed by atoms with Gasteiger partial charge in [0, 0.05) is 5.92 Å². The monoisotopic (exact) mass is 302 g/mol. The maximum Gasteiger partial charge on any atom is 0.472 e. The first-order chi connectivity index (χ1) is 9.39. The average molecular weight is 302 g/mol. The molecule has 6 heteroatoms. The molecule has 5 atom stereocenters. The molecule has 0 spiro atoms. The molecule has 20 heavy (non-hydrogen) atoms. The fourth-order valence-corrected chi connectivity index (χ4v) is 3.23. The number of phosphoric ester groups is 1. The van der Waals surface area contributed by atoms with Crippen molar-refractivity contribution in [2.75, 3.05) is 13.2 Å². The number of hydrogen-bond donors (Lipinski definition) is 1. The van der Waals surface area contributed by atoms with Crippen molar-refractivity contribution in [1.82, 2.24) is 0 Å². The van der Waals surface area contributed by atoms with Gasteiger partial charge in [-0.1, -0.05) is 38.2 Å². The molecule has 1 saturated heterocycles. The second kappa shape index (κ2) is 6.54. The normalized spacial score (nSPS) is 36.6. The van der Waals surface area contributed by atoms with Crippen LogP contribution in [0.3, 0.4) is 0 Å². The van der Waals surface area contributed by atoms with E-state index in [1.54, 1.807) is 0 Å². The number of phosphoric acid groups is 1. The molecule has 2 rings (SSSR count). The highest BCUT2D eigenvalue weighted by atomic mass is 31.2. The molecule has 0 aromatic heterocycles. The van der Waals surface area contributed by atoms with Gasteiger partial charge < -0.3 is 9.63 Å². The Morgan fingerprint density at radius 1 is 1.10 bits per heavy atom. The summed E-state index contributed by atoms with van der Waals surface area (Å²) in [5.41, 5.74) is 0. The first-order valence-corrected chi connectivity index (χ1v) is 8.51. The van der Waals surface area contributed by atoms with E-state index < -0.39 is 7.82 Å². The molecular weight excluding hydrogens is 279 g/mol. The van der Waals surface area contributed by atoms with Crippen LogP contribution < -0.4 is 0 Å². The standard InChI is InChI=1S/C14H23O5P/c1-10-11(2)14(19-12(10)3)9-18-20(15,16)17-8-13-6-4-5-7-13/h4-7,10-14H,8-9H2,1-3H3,(H,15,16). The molecule has 1 heterocycles. The zero-order valence-corrected chi connectivity index (χ0v) is 13.0. The SMILES string of the molecule is CC1OC(COP(=O)(O)OCC2C=CC=C2)C(C)C1C. The van der Waals surface area contributed by atoms with Crippen molar-refractivity contribution in [3.63, 3.8) is 0 Å². The molecule has 5 nitrogen and oxygen atoms in total. The Bertz CT molecular complexity index is 421. The summed E-state index contributed by atoms with van der Waals surface area (Å²) in [4.78, 5) is 9.66. The van der Waals surface area contributed by atoms with Crippen LogP contribution in [0.4, 0.5) is 0 Å². The van der Waals surface area contributed by atoms with Crippen molar-refractivity contribution in [2.45, 2.75) is 33.0 Å². The van der Waals surface area contributed by atoms with Gasteiger partial charge in [-0.2, -0.15) is 0 Å². The van der Waals surface area contributed by atoms with Crippen molar-refractivity contribution in [3.8, 4) is 0 Å². The van der Waals surface area contributed by atoms with Crippen LogP contribution in [0.2, 0.25) is 0 Å². The van der Waals surface area contributed by atoms with Crippen molar-refractivity contribution >= 4 is 7.82 Å². The second-order valence-corrected chi connectivity index (χ2v) is 7.05. The Morgan fingerprint density at radius 3 is 2.25 bits per heavy atom. The van der Waals surface area contributed by atoms with Crippen LogP contribution in [0.5, 0.6) is 0 Å². The molecule has 0 saturated carbocycles. The minimum absolute atomic E-state index is 0.0424. The molecule has 0 bridgehead atoms. The van der Waals surface area contributed by atoms with E-state index in [1.807, 2.05) is 31.2 Å². The summed E-state index contributed by atoms with van der Waals surface area (Å²) in [5, 5.41) is 0. The Labute approximate surface area is 120 Å². The quantitative estimate of drug-likeness (QED) is 0.764. The van der Waals surface area contributed by atoms with E-state index >= 15 is 0 Å². The first-order valence-electron chi connectivity index (χ1n) is 7.01. The van der Waals surface area contributed by atoms with Gasteiger partial charge in [-0.25, -0.2) is 4.57 Å². The highest BCUT2D eigenvalue weighted by molar-refractivity contribution is 7.47. The molecule has 0 amide bonds. The molecule has 0 aromatic carbocycles. The topological polar surface area (TPSA) is 65.0 Å². The van der Waals surface area contributed by atoms with Gasteiger partial charge in [0.15, 0.2) is 0 Å². The van der Waals surface area contributed by atoms with Crippen LogP contribution in [-0.4, -0.2) is 30.3 Å². The zero-order valence-electron chi connectivity index (χ0n) is 12.1. The van der Waals surface area contributed by atoms with Gasteiger partial charge in [0.05, 0.1) is 25.4 Å². The summed E-state index contributed by atoms with van der Waals surface area (Å²) < 4.78 is 27.6. The lowest BCUT2D eigenvalue weighted by Gasteiger charge is -2.19. The maximum absolute atomic E-state index is 11.8. The Balaban J connectivity index is 1.76. The first kappa shape index (κ1) is 15.9. The summed E-state index contributed by atoms with van der Waals surface area (Å²) in [6.07, 6.45) is 7.57. The summed E-state index contributed by atoms with van der Waals surface area (Å²) in [5.74, 6) is 0.753. The Kier molecular flexibility index (Phi) is 5.21. The van der Waals surface area contributed by atoms with Crippen LogP contribution in [0, 0.1) is 17.8 Å². The van der Waals surface area contributed by atoms with E-state index in [2.05, 4.69) is 13.8 Å². The molecule has 0 aromatic rings. The van der Waals surface area contributed by atoms with Gasteiger partial charge in [0.25, 0.3) is 0 Å². The van der Waals surface area contributed by atoms with Crippen LogP contribution in [0.15, 0.2) is 24.3 Å². The lowest BCUT2D eigenvalue weighted by Crippen LogP contribution is -2.22.